The van der Waals surface area contributed by atoms with Gasteiger partial charge in [-0.3, -0.25) is 0 Å². The van der Waals surface area contributed by atoms with Crippen LogP contribution in [-0.2, 0) is 24.3 Å². The first kappa shape index (κ1) is 21.9. The average molecular weight is 478 g/mol. The summed E-state index contributed by atoms with van der Waals surface area (Å²) in [7, 11) is 0. The van der Waals surface area contributed by atoms with E-state index in [1.54, 1.807) is 17.6 Å². The van der Waals surface area contributed by atoms with Gasteiger partial charge in [0.2, 0.25) is 0 Å². The number of furan rings is 1. The molecule has 0 bridgehead atoms. The molecule has 0 spiro atoms. The summed E-state index contributed by atoms with van der Waals surface area (Å²) in [4.78, 5) is 9.11. The quantitative estimate of drug-likeness (QED) is 0.237. The van der Waals surface area contributed by atoms with Crippen LogP contribution in [0.25, 0.3) is 0 Å². The molecule has 0 aliphatic carbocycles. The fraction of sp³-hybridized carbons (Fsp3) is 0.529. The molecule has 2 aromatic heterocycles. The van der Waals surface area contributed by atoms with Gasteiger partial charge in [-0.2, -0.15) is 0 Å². The first-order valence-electron chi connectivity index (χ1n) is 8.37. The van der Waals surface area contributed by atoms with E-state index in [0.717, 1.165) is 48.4 Å². The molecule has 0 aliphatic rings. The van der Waals surface area contributed by atoms with Crippen molar-refractivity contribution in [3.8, 4) is 0 Å². The summed E-state index contributed by atoms with van der Waals surface area (Å²) in [6.45, 7) is 7.61. The molecular weight excluding hydrogens is 451 g/mol. The van der Waals surface area contributed by atoms with Gasteiger partial charge in [0.25, 0.3) is 0 Å². The fourth-order valence-corrected chi connectivity index (χ4v) is 2.77. The molecule has 25 heavy (non-hydrogen) atoms. The highest BCUT2D eigenvalue weighted by Gasteiger charge is 2.01. The SMILES string of the molecule is CCNC(=NCc1csc(CC)n1)NCCCOCc1ccco1.I. The highest BCUT2D eigenvalue weighted by Crippen LogP contribution is 2.10. The molecule has 6 nitrogen and oxygen atoms in total. The first-order chi connectivity index (χ1) is 11.8. The number of thiazole rings is 1. The van der Waals surface area contributed by atoms with Crippen molar-refractivity contribution < 1.29 is 9.15 Å². The molecule has 0 aliphatic heterocycles. The lowest BCUT2D eigenvalue weighted by molar-refractivity contribution is 0.105. The molecule has 2 rings (SSSR count). The number of guanidine groups is 1. The van der Waals surface area contributed by atoms with Gasteiger partial charge in [-0.25, -0.2) is 9.98 Å². The second-order valence-electron chi connectivity index (χ2n) is 5.19. The standard InChI is InChI=1S/C17H26N4O2S.HI/c1-3-16-21-14(13-24-16)11-20-17(18-4-2)19-8-6-9-22-12-15-7-5-10-23-15;/h5,7,10,13H,3-4,6,8-9,11-12H2,1-2H3,(H2,18,19,20);1H. The predicted molar refractivity (Wildman–Crippen MR) is 113 cm³/mol. The van der Waals surface area contributed by atoms with Crippen molar-refractivity contribution in [3.63, 3.8) is 0 Å². The van der Waals surface area contributed by atoms with Crippen LogP contribution in [0.2, 0.25) is 0 Å². The van der Waals surface area contributed by atoms with E-state index in [1.165, 1.54) is 0 Å². The van der Waals surface area contributed by atoms with Crippen molar-refractivity contribution in [3.05, 3.63) is 40.2 Å². The topological polar surface area (TPSA) is 71.7 Å². The minimum atomic E-state index is 0. The van der Waals surface area contributed by atoms with Crippen LogP contribution < -0.4 is 10.6 Å². The van der Waals surface area contributed by atoms with Gasteiger partial charge in [0, 0.05) is 25.1 Å². The third-order valence-electron chi connectivity index (χ3n) is 3.23. The van der Waals surface area contributed by atoms with E-state index in [4.69, 9.17) is 9.15 Å². The molecule has 0 fully saturated rings. The van der Waals surface area contributed by atoms with Crippen molar-refractivity contribution in [2.24, 2.45) is 4.99 Å². The minimum Gasteiger partial charge on any atom is -0.467 e. The van der Waals surface area contributed by atoms with Crippen LogP contribution in [0.15, 0.2) is 33.2 Å². The van der Waals surface area contributed by atoms with E-state index < -0.39 is 0 Å². The normalized spacial score (nSPS) is 11.2. The molecule has 0 radical (unpaired) electrons. The first-order valence-corrected chi connectivity index (χ1v) is 9.25. The Morgan fingerprint density at radius 1 is 1.36 bits per heavy atom. The van der Waals surface area contributed by atoms with Gasteiger partial charge in [0.1, 0.15) is 12.4 Å². The summed E-state index contributed by atoms with van der Waals surface area (Å²) in [5, 5.41) is 9.80. The van der Waals surface area contributed by atoms with Gasteiger partial charge in [-0.15, -0.1) is 35.3 Å². The fourth-order valence-electron chi connectivity index (χ4n) is 2.03. The number of rotatable bonds is 10. The third kappa shape index (κ3) is 8.68. The highest BCUT2D eigenvalue weighted by molar-refractivity contribution is 14.0. The molecule has 2 N–H and O–H groups in total. The van der Waals surface area contributed by atoms with E-state index in [2.05, 4.69) is 39.8 Å². The summed E-state index contributed by atoms with van der Waals surface area (Å²) >= 11 is 1.69. The van der Waals surface area contributed by atoms with Crippen molar-refractivity contribution in [1.29, 1.82) is 0 Å². The van der Waals surface area contributed by atoms with Crippen molar-refractivity contribution >= 4 is 41.3 Å². The highest BCUT2D eigenvalue weighted by atomic mass is 127. The maximum Gasteiger partial charge on any atom is 0.191 e. The molecule has 0 atom stereocenters. The Kier molecular flexibility index (Phi) is 11.5. The lowest BCUT2D eigenvalue weighted by Gasteiger charge is -2.11. The maximum atomic E-state index is 5.56. The Hall–Kier alpha value is -1.13. The zero-order chi connectivity index (χ0) is 17.0. The maximum absolute atomic E-state index is 5.56. The number of nitrogens with one attached hydrogen (secondary N) is 2. The Balaban J connectivity index is 0.00000312. The van der Waals surface area contributed by atoms with Crippen LogP contribution in [0.4, 0.5) is 0 Å². The number of aromatic nitrogens is 1. The van der Waals surface area contributed by atoms with E-state index in [0.29, 0.717) is 19.8 Å². The molecule has 0 saturated heterocycles. The number of ether oxygens (including phenoxy) is 1. The minimum absolute atomic E-state index is 0. The number of aliphatic imine (C=N–C) groups is 1. The Labute approximate surface area is 170 Å². The van der Waals surface area contributed by atoms with Crippen LogP contribution in [0.5, 0.6) is 0 Å². The molecule has 8 heteroatoms. The average Bonchev–Trinajstić information content (AvgIpc) is 3.27. The monoisotopic (exact) mass is 478 g/mol. The number of hydrogen-bond acceptors (Lipinski definition) is 5. The molecule has 0 aromatic carbocycles. The van der Waals surface area contributed by atoms with Crippen LogP contribution in [0.3, 0.4) is 0 Å². The number of nitrogens with zero attached hydrogens (tertiary/aromatic N) is 2. The molecule has 0 unspecified atom stereocenters. The predicted octanol–water partition coefficient (Wildman–Crippen LogP) is 3.58. The third-order valence-corrected chi connectivity index (χ3v) is 4.27. The van der Waals surface area contributed by atoms with E-state index in [9.17, 15) is 0 Å². The molecular formula is C17H27IN4O2S. The van der Waals surface area contributed by atoms with Gasteiger partial charge in [0.15, 0.2) is 5.96 Å². The van der Waals surface area contributed by atoms with Crippen molar-refractivity contribution in [2.45, 2.75) is 39.8 Å². The zero-order valence-electron chi connectivity index (χ0n) is 14.8. The summed E-state index contributed by atoms with van der Waals surface area (Å²) in [5.74, 6) is 1.67. The summed E-state index contributed by atoms with van der Waals surface area (Å²) in [6, 6.07) is 3.78. The number of halogens is 1. The van der Waals surface area contributed by atoms with Gasteiger partial charge >= 0.3 is 0 Å². The Morgan fingerprint density at radius 3 is 2.92 bits per heavy atom. The zero-order valence-corrected chi connectivity index (χ0v) is 17.9. The van der Waals surface area contributed by atoms with Crippen molar-refractivity contribution in [1.82, 2.24) is 15.6 Å². The Morgan fingerprint density at radius 2 is 2.24 bits per heavy atom. The Bertz CT molecular complexity index is 602. The summed E-state index contributed by atoms with van der Waals surface area (Å²) < 4.78 is 10.8. The largest absolute Gasteiger partial charge is 0.467 e. The number of aryl methyl sites for hydroxylation is 1. The lowest BCUT2D eigenvalue weighted by atomic mass is 10.4. The molecule has 0 saturated carbocycles. The van der Waals surface area contributed by atoms with E-state index in [1.807, 2.05) is 12.1 Å². The van der Waals surface area contributed by atoms with Gasteiger partial charge in [0.05, 0.1) is 23.5 Å². The second kappa shape index (κ2) is 13.1. The van der Waals surface area contributed by atoms with Gasteiger partial charge in [-0.05, 0) is 31.9 Å². The van der Waals surface area contributed by atoms with Crippen LogP contribution in [0.1, 0.15) is 36.7 Å². The van der Waals surface area contributed by atoms with Crippen LogP contribution >= 0.6 is 35.3 Å². The number of hydrogen-bond donors (Lipinski definition) is 2. The van der Waals surface area contributed by atoms with E-state index in [-0.39, 0.29) is 24.0 Å². The van der Waals surface area contributed by atoms with Crippen molar-refractivity contribution in [2.75, 3.05) is 19.7 Å². The molecule has 2 aromatic rings. The second-order valence-corrected chi connectivity index (χ2v) is 6.14. The smallest absolute Gasteiger partial charge is 0.191 e. The molecule has 140 valence electrons. The van der Waals surface area contributed by atoms with Gasteiger partial charge < -0.3 is 19.8 Å². The lowest BCUT2D eigenvalue weighted by Crippen LogP contribution is -2.38. The molecule has 0 amide bonds. The van der Waals surface area contributed by atoms with Crippen LogP contribution in [0, 0.1) is 0 Å². The summed E-state index contributed by atoms with van der Waals surface area (Å²) in [5.41, 5.74) is 1.02. The van der Waals surface area contributed by atoms with Crippen LogP contribution in [-0.4, -0.2) is 30.6 Å². The van der Waals surface area contributed by atoms with Gasteiger partial charge in [-0.1, -0.05) is 6.92 Å². The van der Waals surface area contributed by atoms with E-state index >= 15 is 0 Å². The molecule has 2 heterocycles. The summed E-state index contributed by atoms with van der Waals surface area (Å²) in [6.07, 6.45) is 3.54.